The summed E-state index contributed by atoms with van der Waals surface area (Å²) in [6, 6.07) is 13.0. The van der Waals surface area contributed by atoms with E-state index in [4.69, 9.17) is 4.74 Å². The van der Waals surface area contributed by atoms with E-state index in [1.807, 2.05) is 62.1 Å². The molecule has 5 nitrogen and oxygen atoms in total. The van der Waals surface area contributed by atoms with Crippen LogP contribution in [0.2, 0.25) is 0 Å². The molecule has 0 atom stereocenters. The Balaban J connectivity index is 1.93. The van der Waals surface area contributed by atoms with Gasteiger partial charge in [0.1, 0.15) is 12.4 Å². The van der Waals surface area contributed by atoms with E-state index in [0.717, 1.165) is 12.0 Å². The molecule has 5 heteroatoms. The average molecular weight is 395 g/mol. The first-order chi connectivity index (χ1) is 13.7. The van der Waals surface area contributed by atoms with Gasteiger partial charge in [-0.3, -0.25) is 9.59 Å². The van der Waals surface area contributed by atoms with Crippen molar-refractivity contribution in [1.82, 2.24) is 0 Å². The molecule has 1 N–H and O–H groups in total. The first-order valence-corrected chi connectivity index (χ1v) is 10.1. The molecule has 0 saturated carbocycles. The predicted molar refractivity (Wildman–Crippen MR) is 117 cm³/mol. The molecule has 1 aliphatic heterocycles. The second-order valence-corrected chi connectivity index (χ2v) is 8.76. The Kier molecular flexibility index (Phi) is 5.96. The number of amides is 2. The number of carbonyl (C=O) groups is 2. The van der Waals surface area contributed by atoms with E-state index in [-0.39, 0.29) is 11.8 Å². The van der Waals surface area contributed by atoms with Crippen LogP contribution in [-0.2, 0) is 4.79 Å². The van der Waals surface area contributed by atoms with E-state index in [0.29, 0.717) is 41.8 Å². The van der Waals surface area contributed by atoms with Gasteiger partial charge in [0.2, 0.25) is 5.91 Å². The van der Waals surface area contributed by atoms with Crippen LogP contribution in [0, 0.1) is 18.3 Å². The molecule has 1 heterocycles. The van der Waals surface area contributed by atoms with Gasteiger partial charge >= 0.3 is 0 Å². The predicted octanol–water partition coefficient (Wildman–Crippen LogP) is 5.05. The molecule has 0 fully saturated rings. The van der Waals surface area contributed by atoms with Crippen LogP contribution in [-0.4, -0.2) is 25.0 Å². The fourth-order valence-electron chi connectivity index (χ4n) is 3.36. The molecule has 29 heavy (non-hydrogen) atoms. The molecule has 1 aliphatic rings. The summed E-state index contributed by atoms with van der Waals surface area (Å²) in [5.41, 5.74) is 2.29. The van der Waals surface area contributed by atoms with E-state index >= 15 is 0 Å². The molecule has 0 spiro atoms. The van der Waals surface area contributed by atoms with E-state index in [9.17, 15) is 9.59 Å². The van der Waals surface area contributed by atoms with Crippen molar-refractivity contribution in [2.75, 3.05) is 23.4 Å². The summed E-state index contributed by atoms with van der Waals surface area (Å²) in [6.07, 6.45) is 0.890. The van der Waals surface area contributed by atoms with Crippen molar-refractivity contribution in [2.24, 2.45) is 11.3 Å². The Hall–Kier alpha value is -2.82. The highest BCUT2D eigenvalue weighted by Gasteiger charge is 2.37. The number of carbonyl (C=O) groups excluding carboxylic acids is 2. The van der Waals surface area contributed by atoms with Crippen molar-refractivity contribution in [1.29, 1.82) is 0 Å². The monoisotopic (exact) mass is 394 g/mol. The maximum Gasteiger partial charge on any atom is 0.255 e. The number of benzene rings is 2. The summed E-state index contributed by atoms with van der Waals surface area (Å²) in [6.45, 7) is 11.0. The highest BCUT2D eigenvalue weighted by atomic mass is 16.5. The van der Waals surface area contributed by atoms with Gasteiger partial charge in [0, 0.05) is 17.8 Å². The fraction of sp³-hybridized carbons (Fsp3) is 0.417. The van der Waals surface area contributed by atoms with Gasteiger partial charge in [0.25, 0.3) is 5.91 Å². The third kappa shape index (κ3) is 4.61. The van der Waals surface area contributed by atoms with Crippen molar-refractivity contribution in [3.05, 3.63) is 53.6 Å². The molecule has 0 saturated heterocycles. The van der Waals surface area contributed by atoms with E-state index in [2.05, 4.69) is 19.2 Å². The number of aryl methyl sites for hydroxylation is 1. The van der Waals surface area contributed by atoms with Crippen molar-refractivity contribution in [3.8, 4) is 5.75 Å². The van der Waals surface area contributed by atoms with Crippen LogP contribution in [0.5, 0.6) is 5.75 Å². The molecule has 0 aliphatic carbocycles. The molecule has 0 unspecified atom stereocenters. The van der Waals surface area contributed by atoms with Crippen LogP contribution in [0.3, 0.4) is 0 Å². The van der Waals surface area contributed by atoms with E-state index in [1.165, 1.54) is 0 Å². The number of nitrogens with one attached hydrogen (secondary N) is 1. The van der Waals surface area contributed by atoms with Crippen molar-refractivity contribution < 1.29 is 14.3 Å². The molecule has 2 amide bonds. The Morgan fingerprint density at radius 3 is 2.62 bits per heavy atom. The lowest BCUT2D eigenvalue weighted by Gasteiger charge is -2.28. The first-order valence-electron chi connectivity index (χ1n) is 10.1. The standard InChI is InChI=1S/C24H30N2O3/c1-16(2)12-13-26-20-14-18(25-22(27)19-9-7-6-8-17(19)3)10-11-21(20)29-15-24(4,5)23(26)28/h6-11,14,16H,12-13,15H2,1-5H3,(H,25,27). The van der Waals surface area contributed by atoms with Crippen LogP contribution in [0.15, 0.2) is 42.5 Å². The van der Waals surface area contributed by atoms with Crippen molar-refractivity contribution in [2.45, 2.75) is 41.0 Å². The first kappa shape index (κ1) is 20.9. The molecular weight excluding hydrogens is 364 g/mol. The fourth-order valence-corrected chi connectivity index (χ4v) is 3.36. The van der Waals surface area contributed by atoms with Crippen LogP contribution < -0.4 is 15.0 Å². The second kappa shape index (κ2) is 8.27. The minimum Gasteiger partial charge on any atom is -0.490 e. The lowest BCUT2D eigenvalue weighted by Crippen LogP contribution is -2.42. The smallest absolute Gasteiger partial charge is 0.255 e. The molecule has 0 radical (unpaired) electrons. The Bertz CT molecular complexity index is 918. The Morgan fingerprint density at radius 1 is 1.21 bits per heavy atom. The number of fused-ring (bicyclic) bond motifs is 1. The Morgan fingerprint density at radius 2 is 1.93 bits per heavy atom. The summed E-state index contributed by atoms with van der Waals surface area (Å²) in [5.74, 6) is 1.02. The van der Waals surface area contributed by atoms with Gasteiger partial charge in [-0.1, -0.05) is 32.0 Å². The van der Waals surface area contributed by atoms with Crippen molar-refractivity contribution >= 4 is 23.2 Å². The van der Waals surface area contributed by atoms with Gasteiger partial charge in [-0.2, -0.15) is 0 Å². The van der Waals surface area contributed by atoms with Crippen molar-refractivity contribution in [3.63, 3.8) is 0 Å². The minimum absolute atomic E-state index is 0.0410. The second-order valence-electron chi connectivity index (χ2n) is 8.76. The molecule has 2 aromatic carbocycles. The molecule has 3 rings (SSSR count). The number of anilines is 2. The third-order valence-corrected chi connectivity index (χ3v) is 5.24. The van der Waals surface area contributed by atoms with Gasteiger partial charge in [0.05, 0.1) is 11.1 Å². The summed E-state index contributed by atoms with van der Waals surface area (Å²) < 4.78 is 5.96. The van der Waals surface area contributed by atoms with Crippen LogP contribution >= 0.6 is 0 Å². The number of hydrogen-bond donors (Lipinski definition) is 1. The summed E-state index contributed by atoms with van der Waals surface area (Å²) in [7, 11) is 0. The topological polar surface area (TPSA) is 58.6 Å². The molecule has 154 valence electrons. The van der Waals surface area contributed by atoms with Gasteiger partial charge in [-0.25, -0.2) is 0 Å². The van der Waals surface area contributed by atoms with Crippen LogP contribution in [0.4, 0.5) is 11.4 Å². The van der Waals surface area contributed by atoms with Crippen LogP contribution in [0.1, 0.15) is 50.0 Å². The quantitative estimate of drug-likeness (QED) is 0.772. The molecule has 0 bridgehead atoms. The van der Waals surface area contributed by atoms with Gasteiger partial charge in [0.15, 0.2) is 0 Å². The van der Waals surface area contributed by atoms with Crippen LogP contribution in [0.25, 0.3) is 0 Å². The number of nitrogens with zero attached hydrogens (tertiary/aromatic N) is 1. The maximum absolute atomic E-state index is 13.2. The normalized spacial score (nSPS) is 15.5. The highest BCUT2D eigenvalue weighted by Crippen LogP contribution is 2.38. The summed E-state index contributed by atoms with van der Waals surface area (Å²) >= 11 is 0. The zero-order valence-corrected chi connectivity index (χ0v) is 17.9. The van der Waals surface area contributed by atoms with Gasteiger partial charge < -0.3 is 15.0 Å². The largest absolute Gasteiger partial charge is 0.490 e. The average Bonchev–Trinajstić information content (AvgIpc) is 2.75. The third-order valence-electron chi connectivity index (χ3n) is 5.24. The Labute approximate surface area is 173 Å². The van der Waals surface area contributed by atoms with Gasteiger partial charge in [-0.05, 0) is 62.9 Å². The molecular formula is C24H30N2O3. The number of hydrogen-bond acceptors (Lipinski definition) is 3. The SMILES string of the molecule is Cc1ccccc1C(=O)Nc1ccc2c(c1)N(CCC(C)C)C(=O)C(C)(C)CO2. The summed E-state index contributed by atoms with van der Waals surface area (Å²) in [4.78, 5) is 27.7. The zero-order chi connectivity index (χ0) is 21.2. The summed E-state index contributed by atoms with van der Waals surface area (Å²) in [5, 5.41) is 2.96. The number of ether oxygens (including phenoxy) is 1. The highest BCUT2D eigenvalue weighted by molar-refractivity contribution is 6.06. The molecule has 2 aromatic rings. The maximum atomic E-state index is 13.2. The lowest BCUT2D eigenvalue weighted by molar-refractivity contribution is -0.127. The van der Waals surface area contributed by atoms with E-state index in [1.54, 1.807) is 6.07 Å². The number of rotatable bonds is 5. The lowest BCUT2D eigenvalue weighted by atomic mass is 9.92. The van der Waals surface area contributed by atoms with E-state index < -0.39 is 5.41 Å². The minimum atomic E-state index is -0.611. The molecule has 0 aromatic heterocycles. The zero-order valence-electron chi connectivity index (χ0n) is 17.9. The van der Waals surface area contributed by atoms with Gasteiger partial charge in [-0.15, -0.1) is 0 Å².